The summed E-state index contributed by atoms with van der Waals surface area (Å²) in [6, 6.07) is 22.0. The van der Waals surface area contributed by atoms with Crippen LogP contribution >= 0.6 is 11.3 Å². The van der Waals surface area contributed by atoms with E-state index in [2.05, 4.69) is 15.4 Å². The highest BCUT2D eigenvalue weighted by Crippen LogP contribution is 2.39. The predicted molar refractivity (Wildman–Crippen MR) is 129 cm³/mol. The number of aromatic nitrogens is 3. The van der Waals surface area contributed by atoms with Crippen LogP contribution < -0.4 is 10.1 Å². The second-order valence-corrected chi connectivity index (χ2v) is 9.09. The first kappa shape index (κ1) is 20.6. The number of ether oxygens (including phenoxy) is 1. The number of hydrogen-bond acceptors (Lipinski definition) is 5. The number of thiazole rings is 1. The summed E-state index contributed by atoms with van der Waals surface area (Å²) in [6.45, 7) is 0.150. The Bertz CT molecular complexity index is 1480. The molecular weight excluding hydrogens is 451 g/mol. The Balaban J connectivity index is 1.27. The number of anilines is 1. The van der Waals surface area contributed by atoms with Crippen LogP contribution in [0.1, 0.15) is 29.0 Å². The SMILES string of the molecule is O=C1CC(c2ccc(OCc3ccccc3F)cc2)c2cnn(-c3nc4ccccc4s3)c2N1. The fourth-order valence-electron chi connectivity index (χ4n) is 4.19. The molecule has 1 N–H and O–H groups in total. The van der Waals surface area contributed by atoms with Crippen molar-refractivity contribution in [1.29, 1.82) is 0 Å². The third kappa shape index (κ3) is 3.72. The third-order valence-electron chi connectivity index (χ3n) is 5.92. The normalized spacial score (nSPS) is 15.2. The summed E-state index contributed by atoms with van der Waals surface area (Å²) >= 11 is 1.53. The Morgan fingerprint density at radius 2 is 1.85 bits per heavy atom. The van der Waals surface area contributed by atoms with Crippen LogP contribution in [0.4, 0.5) is 10.2 Å². The van der Waals surface area contributed by atoms with E-state index in [-0.39, 0.29) is 24.2 Å². The standard InChI is InChI=1S/C26H19FN4O2S/c27-21-6-2-1-5-17(21)15-33-18-11-9-16(10-12-18)19-13-24(32)30-25-20(19)14-28-31(25)26-29-22-7-3-4-8-23(22)34-26/h1-12,14,19H,13,15H2,(H,30,32). The predicted octanol–water partition coefficient (Wildman–Crippen LogP) is 5.67. The van der Waals surface area contributed by atoms with Gasteiger partial charge >= 0.3 is 0 Å². The lowest BCUT2D eigenvalue weighted by Crippen LogP contribution is -2.24. The summed E-state index contributed by atoms with van der Waals surface area (Å²) in [6.07, 6.45) is 2.13. The van der Waals surface area contributed by atoms with Gasteiger partial charge in [-0.3, -0.25) is 4.79 Å². The summed E-state index contributed by atoms with van der Waals surface area (Å²) in [5.41, 5.74) is 3.33. The number of hydrogen-bond donors (Lipinski definition) is 1. The van der Waals surface area contributed by atoms with Crippen LogP contribution in [-0.4, -0.2) is 20.7 Å². The van der Waals surface area contributed by atoms with Crippen LogP contribution in [0, 0.1) is 5.82 Å². The molecule has 34 heavy (non-hydrogen) atoms. The van der Waals surface area contributed by atoms with Crippen LogP contribution in [0.3, 0.4) is 0 Å². The van der Waals surface area contributed by atoms with Crippen molar-refractivity contribution in [2.24, 2.45) is 0 Å². The van der Waals surface area contributed by atoms with Crippen LogP contribution in [0.15, 0.2) is 79.0 Å². The number of nitrogens with one attached hydrogen (secondary N) is 1. The maximum absolute atomic E-state index is 13.8. The van der Waals surface area contributed by atoms with Gasteiger partial charge in [-0.05, 0) is 35.9 Å². The van der Waals surface area contributed by atoms with Gasteiger partial charge in [-0.25, -0.2) is 9.37 Å². The van der Waals surface area contributed by atoms with E-state index >= 15 is 0 Å². The molecule has 3 aromatic carbocycles. The monoisotopic (exact) mass is 470 g/mol. The molecular formula is C26H19FN4O2S. The van der Waals surface area contributed by atoms with Crippen molar-refractivity contribution < 1.29 is 13.9 Å². The molecule has 1 aliphatic rings. The lowest BCUT2D eigenvalue weighted by Gasteiger charge is -2.23. The van der Waals surface area contributed by atoms with Crippen molar-refractivity contribution in [2.45, 2.75) is 18.9 Å². The quantitative estimate of drug-likeness (QED) is 0.359. The molecule has 2 aromatic heterocycles. The molecule has 6 nitrogen and oxygen atoms in total. The minimum absolute atomic E-state index is 0.0692. The average molecular weight is 471 g/mol. The second kappa shape index (κ2) is 8.39. The Morgan fingerprint density at radius 1 is 1.06 bits per heavy atom. The van der Waals surface area contributed by atoms with Gasteiger partial charge in [-0.15, -0.1) is 0 Å². The Labute approximate surface area is 198 Å². The van der Waals surface area contributed by atoms with Gasteiger partial charge in [0.1, 0.15) is 24.0 Å². The molecule has 0 saturated heterocycles. The number of halogens is 1. The van der Waals surface area contributed by atoms with E-state index in [0.29, 0.717) is 28.7 Å². The number of fused-ring (bicyclic) bond motifs is 2. The van der Waals surface area contributed by atoms with Gasteiger partial charge in [0.25, 0.3) is 0 Å². The summed E-state index contributed by atoms with van der Waals surface area (Å²) in [5.74, 6) is 0.801. The summed E-state index contributed by atoms with van der Waals surface area (Å²) in [5, 5.41) is 8.23. The van der Waals surface area contributed by atoms with Crippen molar-refractivity contribution in [1.82, 2.24) is 14.8 Å². The van der Waals surface area contributed by atoms with Gasteiger partial charge in [0, 0.05) is 23.5 Å². The van der Waals surface area contributed by atoms with E-state index in [1.165, 1.54) is 17.4 Å². The van der Waals surface area contributed by atoms with Gasteiger partial charge in [-0.1, -0.05) is 53.8 Å². The van der Waals surface area contributed by atoms with E-state index in [0.717, 1.165) is 21.3 Å². The van der Waals surface area contributed by atoms with Crippen molar-refractivity contribution in [3.05, 3.63) is 102 Å². The van der Waals surface area contributed by atoms with Gasteiger partial charge in [0.15, 0.2) is 0 Å². The topological polar surface area (TPSA) is 69.0 Å². The molecule has 0 saturated carbocycles. The maximum atomic E-state index is 13.8. The molecule has 1 amide bonds. The van der Waals surface area contributed by atoms with Crippen LogP contribution in [0.2, 0.25) is 0 Å². The average Bonchev–Trinajstić information content (AvgIpc) is 3.47. The first-order valence-corrected chi connectivity index (χ1v) is 11.7. The number of amides is 1. The number of para-hydroxylation sites is 1. The number of rotatable bonds is 5. The Hall–Kier alpha value is -4.04. The number of carbonyl (C=O) groups excluding carboxylic acids is 1. The Kier molecular flexibility index (Phi) is 5.07. The van der Waals surface area contributed by atoms with Crippen LogP contribution in [-0.2, 0) is 11.4 Å². The van der Waals surface area contributed by atoms with E-state index in [9.17, 15) is 9.18 Å². The molecule has 1 unspecified atom stereocenters. The third-order valence-corrected chi connectivity index (χ3v) is 6.93. The molecule has 168 valence electrons. The maximum Gasteiger partial charge on any atom is 0.226 e. The summed E-state index contributed by atoms with van der Waals surface area (Å²) < 4.78 is 22.4. The number of benzene rings is 3. The van der Waals surface area contributed by atoms with Crippen molar-refractivity contribution in [3.8, 4) is 10.9 Å². The zero-order chi connectivity index (χ0) is 23.1. The fraction of sp³-hybridized carbons (Fsp3) is 0.115. The lowest BCUT2D eigenvalue weighted by molar-refractivity contribution is -0.116. The zero-order valence-corrected chi connectivity index (χ0v) is 18.8. The molecule has 6 rings (SSSR count). The van der Waals surface area contributed by atoms with Crippen LogP contribution in [0.5, 0.6) is 5.75 Å². The largest absolute Gasteiger partial charge is 0.489 e. The molecule has 0 fully saturated rings. The highest BCUT2D eigenvalue weighted by atomic mass is 32.1. The highest BCUT2D eigenvalue weighted by Gasteiger charge is 2.31. The smallest absolute Gasteiger partial charge is 0.226 e. The molecule has 1 aliphatic heterocycles. The van der Waals surface area contributed by atoms with E-state index in [1.54, 1.807) is 29.1 Å². The highest BCUT2D eigenvalue weighted by molar-refractivity contribution is 7.20. The summed E-state index contributed by atoms with van der Waals surface area (Å²) in [4.78, 5) is 17.3. The van der Waals surface area contributed by atoms with Gasteiger partial charge in [-0.2, -0.15) is 9.78 Å². The van der Waals surface area contributed by atoms with Crippen molar-refractivity contribution in [2.75, 3.05) is 5.32 Å². The molecule has 1 atom stereocenters. The van der Waals surface area contributed by atoms with Crippen molar-refractivity contribution >= 4 is 33.3 Å². The van der Waals surface area contributed by atoms with E-state index in [4.69, 9.17) is 4.74 Å². The molecule has 5 aromatic rings. The number of carbonyl (C=O) groups is 1. The molecule has 8 heteroatoms. The molecule has 0 aliphatic carbocycles. The fourth-order valence-corrected chi connectivity index (χ4v) is 5.12. The number of nitrogens with zero attached hydrogens (tertiary/aromatic N) is 3. The first-order valence-electron chi connectivity index (χ1n) is 10.9. The van der Waals surface area contributed by atoms with Crippen molar-refractivity contribution in [3.63, 3.8) is 0 Å². The molecule has 3 heterocycles. The second-order valence-electron chi connectivity index (χ2n) is 8.08. The zero-order valence-electron chi connectivity index (χ0n) is 17.9. The van der Waals surface area contributed by atoms with Gasteiger partial charge in [0.2, 0.25) is 11.0 Å². The lowest BCUT2D eigenvalue weighted by atomic mass is 9.87. The molecule has 0 radical (unpaired) electrons. The van der Waals surface area contributed by atoms with E-state index in [1.807, 2.05) is 48.5 Å². The molecule has 0 spiro atoms. The minimum atomic E-state index is -0.287. The Morgan fingerprint density at radius 3 is 2.68 bits per heavy atom. The van der Waals surface area contributed by atoms with E-state index < -0.39 is 0 Å². The summed E-state index contributed by atoms with van der Waals surface area (Å²) in [7, 11) is 0. The van der Waals surface area contributed by atoms with Crippen LogP contribution in [0.25, 0.3) is 15.3 Å². The minimum Gasteiger partial charge on any atom is -0.489 e. The van der Waals surface area contributed by atoms with Gasteiger partial charge < -0.3 is 10.1 Å². The first-order chi connectivity index (χ1) is 16.7. The molecule has 0 bridgehead atoms. The van der Waals surface area contributed by atoms with Gasteiger partial charge in [0.05, 0.1) is 16.4 Å².